The molecule has 1 aromatic heterocycles. The van der Waals surface area contributed by atoms with E-state index in [4.69, 9.17) is 0 Å². The number of nitro groups is 1. The van der Waals surface area contributed by atoms with Gasteiger partial charge in [0.2, 0.25) is 0 Å². The highest BCUT2D eigenvalue weighted by molar-refractivity contribution is 7.98. The Morgan fingerprint density at radius 2 is 1.68 bits per heavy atom. The van der Waals surface area contributed by atoms with Gasteiger partial charge in [0.1, 0.15) is 0 Å². The van der Waals surface area contributed by atoms with E-state index in [1.807, 2.05) is 37.3 Å². The Hall–Kier alpha value is -4.31. The normalized spacial score (nSPS) is 11.1. The number of rotatable bonds is 7. The Bertz CT molecular complexity index is 1410. The van der Waals surface area contributed by atoms with Crippen LogP contribution in [0.5, 0.6) is 0 Å². The smallest absolute Gasteiger partial charge is 0.289 e. The molecule has 1 heterocycles. The van der Waals surface area contributed by atoms with E-state index in [1.54, 1.807) is 24.3 Å². The molecule has 0 spiro atoms. The fourth-order valence-electron chi connectivity index (χ4n) is 3.07. The van der Waals surface area contributed by atoms with E-state index in [1.165, 1.54) is 36.0 Å². The average Bonchev–Trinajstić information content (AvgIpc) is 3.17. The second-order valence-electron chi connectivity index (χ2n) is 7.33. The molecule has 0 aliphatic rings. The van der Waals surface area contributed by atoms with E-state index >= 15 is 0 Å². The summed E-state index contributed by atoms with van der Waals surface area (Å²) < 4.78 is 0.926. The molecule has 0 radical (unpaired) electrons. The Morgan fingerprint density at radius 3 is 2.32 bits per heavy atom. The Balaban J connectivity index is 1.68. The van der Waals surface area contributed by atoms with E-state index in [0.717, 1.165) is 15.1 Å². The summed E-state index contributed by atoms with van der Waals surface area (Å²) in [4.78, 5) is 37.4. The van der Waals surface area contributed by atoms with Crippen molar-refractivity contribution < 1.29 is 9.72 Å². The first-order valence-corrected chi connectivity index (χ1v) is 11.2. The van der Waals surface area contributed by atoms with Gasteiger partial charge in [-0.2, -0.15) is 9.80 Å². The number of carbonyl (C=O) groups is 1. The van der Waals surface area contributed by atoms with Crippen LogP contribution in [0.1, 0.15) is 21.6 Å². The van der Waals surface area contributed by atoms with Gasteiger partial charge in [-0.25, -0.2) is 0 Å². The van der Waals surface area contributed by atoms with Crippen LogP contribution < -0.4 is 5.56 Å². The number of non-ortho nitro benzene ring substituents is 1. The maximum absolute atomic E-state index is 13.1. The van der Waals surface area contributed by atoms with Gasteiger partial charge in [0, 0.05) is 28.3 Å². The number of aromatic amines is 1. The number of hydrogen-bond donors (Lipinski definition) is 1. The molecule has 0 fully saturated rings. The van der Waals surface area contributed by atoms with Crippen LogP contribution >= 0.6 is 11.8 Å². The number of nitro benzene ring substituents is 1. The van der Waals surface area contributed by atoms with Gasteiger partial charge in [0.15, 0.2) is 5.69 Å². The predicted molar refractivity (Wildman–Crippen MR) is 129 cm³/mol. The first-order valence-electron chi connectivity index (χ1n) is 10.2. The van der Waals surface area contributed by atoms with Gasteiger partial charge in [-0.1, -0.05) is 35.9 Å². The molecular weight excluding hydrogens is 454 g/mol. The van der Waals surface area contributed by atoms with Crippen LogP contribution in [0.4, 0.5) is 17.1 Å². The monoisotopic (exact) mass is 473 g/mol. The summed E-state index contributed by atoms with van der Waals surface area (Å²) in [6.07, 6.45) is 0. The van der Waals surface area contributed by atoms with Gasteiger partial charge in [0.05, 0.1) is 16.3 Å². The summed E-state index contributed by atoms with van der Waals surface area (Å²) >= 11 is 1.47. The topological polar surface area (TPSA) is 123 Å². The zero-order chi connectivity index (χ0) is 24.1. The van der Waals surface area contributed by atoms with Crippen LogP contribution in [0.15, 0.2) is 98.8 Å². The third kappa shape index (κ3) is 5.18. The van der Waals surface area contributed by atoms with Gasteiger partial charge in [-0.3, -0.25) is 24.8 Å². The van der Waals surface area contributed by atoms with E-state index in [-0.39, 0.29) is 11.4 Å². The van der Waals surface area contributed by atoms with Crippen molar-refractivity contribution in [3.63, 3.8) is 0 Å². The first-order chi connectivity index (χ1) is 16.4. The number of hydrogen-bond acceptors (Lipinski definition) is 7. The highest BCUT2D eigenvalue weighted by Crippen LogP contribution is 2.27. The van der Waals surface area contributed by atoms with Gasteiger partial charge in [0.25, 0.3) is 11.6 Å². The fraction of sp³-hybridized carbons (Fsp3) is 0.0833. The molecular formula is C24H19N5O4S. The zero-order valence-corrected chi connectivity index (χ0v) is 18.9. The van der Waals surface area contributed by atoms with Crippen LogP contribution in [-0.2, 0) is 5.75 Å². The molecule has 9 nitrogen and oxygen atoms in total. The predicted octanol–water partition coefficient (Wildman–Crippen LogP) is 5.79. The van der Waals surface area contributed by atoms with Crippen molar-refractivity contribution in [3.8, 4) is 0 Å². The number of azo groups is 1. The molecule has 0 aliphatic carbocycles. The Labute approximate surface area is 198 Å². The number of aromatic nitrogens is 2. The highest BCUT2D eigenvalue weighted by atomic mass is 32.2. The largest absolute Gasteiger partial charge is 0.302 e. The summed E-state index contributed by atoms with van der Waals surface area (Å²) in [7, 11) is 0. The van der Waals surface area contributed by atoms with Crippen LogP contribution in [0.2, 0.25) is 0 Å². The maximum Gasteiger partial charge on any atom is 0.302 e. The van der Waals surface area contributed by atoms with Crippen molar-refractivity contribution in [1.29, 1.82) is 0 Å². The SMILES string of the molecule is Cc1ccc(C(=O)n2[nH]c(CSc3ccccc3)c(N=Nc3ccc([N+](=O)[O-])cc3)c2=O)cc1. The minimum atomic E-state index is -0.625. The molecule has 4 rings (SSSR count). The van der Waals surface area contributed by atoms with Crippen molar-refractivity contribution in [2.45, 2.75) is 17.6 Å². The van der Waals surface area contributed by atoms with Crippen molar-refractivity contribution in [1.82, 2.24) is 9.78 Å². The molecule has 0 amide bonds. The molecule has 10 heteroatoms. The molecule has 170 valence electrons. The molecule has 0 aliphatic heterocycles. The molecule has 0 saturated carbocycles. The lowest BCUT2D eigenvalue weighted by molar-refractivity contribution is -0.384. The number of nitrogens with one attached hydrogen (secondary N) is 1. The third-order valence-corrected chi connectivity index (χ3v) is 5.93. The van der Waals surface area contributed by atoms with Crippen LogP contribution in [0, 0.1) is 17.0 Å². The molecule has 3 aromatic carbocycles. The van der Waals surface area contributed by atoms with Crippen molar-refractivity contribution in [3.05, 3.63) is 116 Å². The highest BCUT2D eigenvalue weighted by Gasteiger charge is 2.20. The van der Waals surface area contributed by atoms with E-state index < -0.39 is 16.4 Å². The fourth-order valence-corrected chi connectivity index (χ4v) is 3.93. The number of benzene rings is 3. The van der Waals surface area contributed by atoms with Crippen molar-refractivity contribution in [2.75, 3.05) is 0 Å². The Morgan fingerprint density at radius 1 is 1.00 bits per heavy atom. The first kappa shape index (κ1) is 22.9. The number of aryl methyl sites for hydroxylation is 1. The molecule has 4 aromatic rings. The van der Waals surface area contributed by atoms with E-state index in [9.17, 15) is 19.7 Å². The second-order valence-corrected chi connectivity index (χ2v) is 8.37. The van der Waals surface area contributed by atoms with Crippen molar-refractivity contribution in [2.24, 2.45) is 10.2 Å². The zero-order valence-electron chi connectivity index (χ0n) is 18.0. The summed E-state index contributed by atoms with van der Waals surface area (Å²) in [5.74, 6) is -0.157. The summed E-state index contributed by atoms with van der Waals surface area (Å²) in [5.41, 5.74) is 1.42. The standard InChI is InChI=1S/C24H19N5O4S/c1-16-7-9-17(10-8-16)23(30)28-24(31)22(21(27-28)15-34-20-5-3-2-4-6-20)26-25-18-11-13-19(14-12-18)29(32)33/h2-14,27H,15H2,1H3. The summed E-state index contributed by atoms with van der Waals surface area (Å²) in [6.45, 7) is 1.91. The maximum atomic E-state index is 13.1. The van der Waals surface area contributed by atoms with Crippen LogP contribution in [0.25, 0.3) is 0 Å². The van der Waals surface area contributed by atoms with Gasteiger partial charge in [-0.05, 0) is 43.3 Å². The molecule has 1 N–H and O–H groups in total. The molecule has 0 atom stereocenters. The van der Waals surface area contributed by atoms with E-state index in [0.29, 0.717) is 22.7 Å². The number of carbonyl (C=O) groups excluding carboxylic acids is 1. The molecule has 0 bridgehead atoms. The minimum absolute atomic E-state index is 0.00208. The average molecular weight is 474 g/mol. The summed E-state index contributed by atoms with van der Waals surface area (Å²) in [6, 6.07) is 22.0. The number of thioether (sulfide) groups is 1. The lowest BCUT2D eigenvalue weighted by Crippen LogP contribution is -2.25. The molecule has 0 saturated heterocycles. The Kier molecular flexibility index (Phi) is 6.79. The number of H-pyrrole nitrogens is 1. The van der Waals surface area contributed by atoms with Gasteiger partial charge >= 0.3 is 5.56 Å². The second kappa shape index (κ2) is 10.1. The molecule has 0 unspecified atom stereocenters. The lowest BCUT2D eigenvalue weighted by Gasteiger charge is -2.02. The quantitative estimate of drug-likeness (QED) is 0.157. The summed E-state index contributed by atoms with van der Waals surface area (Å²) in [5, 5.41) is 21.9. The number of nitrogens with zero attached hydrogens (tertiary/aromatic N) is 4. The van der Waals surface area contributed by atoms with Gasteiger partial charge in [-0.15, -0.1) is 16.9 Å². The third-order valence-electron chi connectivity index (χ3n) is 4.89. The molecule has 34 heavy (non-hydrogen) atoms. The van der Waals surface area contributed by atoms with Crippen LogP contribution in [-0.4, -0.2) is 20.6 Å². The van der Waals surface area contributed by atoms with Crippen molar-refractivity contribution >= 4 is 34.7 Å². The van der Waals surface area contributed by atoms with Gasteiger partial charge < -0.3 is 0 Å². The van der Waals surface area contributed by atoms with E-state index in [2.05, 4.69) is 15.3 Å². The minimum Gasteiger partial charge on any atom is -0.289 e. The lowest BCUT2D eigenvalue weighted by atomic mass is 10.1. The van der Waals surface area contributed by atoms with Crippen LogP contribution in [0.3, 0.4) is 0 Å².